The van der Waals surface area contributed by atoms with Crippen molar-refractivity contribution >= 4 is 51.5 Å². The van der Waals surface area contributed by atoms with E-state index in [0.717, 1.165) is 49.1 Å². The number of aromatic nitrogens is 1. The number of anilines is 1. The number of hydrogen-bond donors (Lipinski definition) is 1. The molecule has 1 amide bonds. The third-order valence-corrected chi connectivity index (χ3v) is 11.0. The van der Waals surface area contributed by atoms with Gasteiger partial charge in [0.2, 0.25) is 11.8 Å². The van der Waals surface area contributed by atoms with Gasteiger partial charge in [0, 0.05) is 34.7 Å². The van der Waals surface area contributed by atoms with E-state index in [0.29, 0.717) is 35.5 Å². The maximum Gasteiger partial charge on any atom is 0.405 e. The molecule has 0 saturated heterocycles. The zero-order valence-corrected chi connectivity index (χ0v) is 27.8. The number of carbonyl (C=O) groups is 2. The third-order valence-electron chi connectivity index (χ3n) is 8.72. The zero-order chi connectivity index (χ0) is 31.6. The van der Waals surface area contributed by atoms with Gasteiger partial charge in [-0.2, -0.15) is 13.2 Å². The summed E-state index contributed by atoms with van der Waals surface area (Å²) in [6.45, 7) is 0.762. The Morgan fingerprint density at radius 1 is 1.11 bits per heavy atom. The first kappa shape index (κ1) is 33.0. The van der Waals surface area contributed by atoms with Gasteiger partial charge in [-0.25, -0.2) is 9.78 Å². The summed E-state index contributed by atoms with van der Waals surface area (Å²) in [6, 6.07) is 5.14. The van der Waals surface area contributed by atoms with Crippen molar-refractivity contribution in [2.45, 2.75) is 93.0 Å². The molecule has 238 valence electrons. The molecular formula is C32H37F3IN3O4S. The molecule has 5 rings (SSSR count). The molecule has 0 unspecified atom stereocenters. The van der Waals surface area contributed by atoms with Gasteiger partial charge < -0.3 is 19.6 Å². The molecule has 0 spiro atoms. The molecule has 12 heteroatoms. The highest BCUT2D eigenvalue weighted by Gasteiger charge is 2.62. The molecule has 3 saturated carbocycles. The van der Waals surface area contributed by atoms with Gasteiger partial charge in [0.1, 0.15) is 16.4 Å². The highest BCUT2D eigenvalue weighted by atomic mass is 127. The lowest BCUT2D eigenvalue weighted by molar-refractivity contribution is -0.168. The molecule has 2 aromatic rings. The SMILES string of the molecule is CN(C)Cc1ccnc(OC2CCC(N(C(=O)C3CCC(I)CC3)c3cc(C#CC4(C(F)(F)F)CC4)sc3C(=O)O)CC2)c1. The minimum atomic E-state index is -4.43. The third kappa shape index (κ3) is 7.70. The number of ether oxygens (including phenoxy) is 1. The van der Waals surface area contributed by atoms with Crippen LogP contribution in [0.25, 0.3) is 0 Å². The van der Waals surface area contributed by atoms with E-state index in [-0.39, 0.29) is 52.3 Å². The molecule has 3 aliphatic rings. The summed E-state index contributed by atoms with van der Waals surface area (Å²) < 4.78 is 47.2. The van der Waals surface area contributed by atoms with Crippen molar-refractivity contribution in [3.05, 3.63) is 39.7 Å². The van der Waals surface area contributed by atoms with E-state index in [2.05, 4.69) is 44.3 Å². The summed E-state index contributed by atoms with van der Waals surface area (Å²) in [7, 11) is 3.99. The number of hydrogen-bond acceptors (Lipinski definition) is 6. The Morgan fingerprint density at radius 3 is 2.39 bits per heavy atom. The molecule has 7 nitrogen and oxygen atoms in total. The van der Waals surface area contributed by atoms with Crippen LogP contribution in [-0.4, -0.2) is 63.2 Å². The fourth-order valence-electron chi connectivity index (χ4n) is 6.12. The first-order chi connectivity index (χ1) is 20.8. The standard InChI is InChI=1S/C32H37F3IN3O4S/c1-38(2)19-20-12-16-37-27(17-20)43-24-9-7-23(8-10-24)39(29(40)21-3-5-22(36)6-4-21)26-18-25(44-28(26)30(41)42)11-13-31(14-15-31)32(33,34)35/h12,16-18,21-24H,3-10,14-15,19H2,1-2H3,(H,41,42). The number of pyridine rings is 1. The van der Waals surface area contributed by atoms with Gasteiger partial charge >= 0.3 is 12.1 Å². The normalized spacial score (nSPS) is 24.7. The van der Waals surface area contributed by atoms with Crippen molar-refractivity contribution in [3.63, 3.8) is 0 Å². The van der Waals surface area contributed by atoms with Crippen LogP contribution in [-0.2, 0) is 11.3 Å². The minimum absolute atomic E-state index is 0.0571. The smallest absolute Gasteiger partial charge is 0.405 e. The summed E-state index contributed by atoms with van der Waals surface area (Å²) in [5.41, 5.74) is -0.687. The Morgan fingerprint density at radius 2 is 1.80 bits per heavy atom. The van der Waals surface area contributed by atoms with Gasteiger partial charge in [0.25, 0.3) is 0 Å². The Labute approximate surface area is 273 Å². The van der Waals surface area contributed by atoms with Gasteiger partial charge in [-0.15, -0.1) is 11.3 Å². The van der Waals surface area contributed by atoms with Crippen LogP contribution >= 0.6 is 33.9 Å². The monoisotopic (exact) mass is 743 g/mol. The molecule has 0 radical (unpaired) electrons. The fraction of sp³-hybridized carbons (Fsp3) is 0.594. The number of amides is 1. The molecule has 0 aliphatic heterocycles. The van der Waals surface area contributed by atoms with Crippen LogP contribution < -0.4 is 9.64 Å². The number of carboxylic acids is 1. The maximum absolute atomic E-state index is 14.2. The van der Waals surface area contributed by atoms with Crippen LogP contribution in [0.1, 0.15) is 84.3 Å². The summed E-state index contributed by atoms with van der Waals surface area (Å²) in [4.78, 5) is 34.8. The predicted molar refractivity (Wildman–Crippen MR) is 171 cm³/mol. The maximum atomic E-state index is 14.2. The summed E-state index contributed by atoms with van der Waals surface area (Å²) in [5.74, 6) is 4.00. The summed E-state index contributed by atoms with van der Waals surface area (Å²) in [5, 5.41) is 10.1. The molecule has 0 aromatic carbocycles. The molecule has 0 atom stereocenters. The van der Waals surface area contributed by atoms with Crippen LogP contribution in [0.5, 0.6) is 5.88 Å². The van der Waals surface area contributed by atoms with Gasteiger partial charge in [-0.3, -0.25) is 4.79 Å². The minimum Gasteiger partial charge on any atom is -0.477 e. The Hall–Kier alpha value is -2.37. The number of aromatic carboxylic acids is 1. The lowest BCUT2D eigenvalue weighted by Crippen LogP contribution is -2.47. The van der Waals surface area contributed by atoms with Crippen molar-refractivity contribution in [1.82, 2.24) is 9.88 Å². The fourth-order valence-corrected chi connectivity index (χ4v) is 7.68. The topological polar surface area (TPSA) is 83.0 Å². The number of carboxylic acid groups (broad SMARTS) is 1. The first-order valence-corrected chi connectivity index (χ1v) is 17.1. The zero-order valence-electron chi connectivity index (χ0n) is 24.8. The van der Waals surface area contributed by atoms with E-state index in [1.165, 1.54) is 6.07 Å². The second-order valence-corrected chi connectivity index (χ2v) is 15.2. The number of halogens is 4. The second-order valence-electron chi connectivity index (χ2n) is 12.4. The van der Waals surface area contributed by atoms with Crippen LogP contribution in [0, 0.1) is 23.2 Å². The Kier molecular flexibility index (Phi) is 10.2. The average Bonchev–Trinajstić information content (AvgIpc) is 3.66. The van der Waals surface area contributed by atoms with E-state index in [9.17, 15) is 27.9 Å². The number of alkyl halides is 4. The molecule has 0 bridgehead atoms. The second kappa shape index (κ2) is 13.5. The van der Waals surface area contributed by atoms with Crippen LogP contribution in [0.3, 0.4) is 0 Å². The van der Waals surface area contributed by atoms with Gasteiger partial charge in [-0.1, -0.05) is 34.4 Å². The number of nitrogens with zero attached hydrogens (tertiary/aromatic N) is 3. The van der Waals surface area contributed by atoms with E-state index >= 15 is 0 Å². The molecule has 3 aliphatic carbocycles. The molecule has 1 N–H and O–H groups in total. The largest absolute Gasteiger partial charge is 0.477 e. The molecular weight excluding hydrogens is 706 g/mol. The Balaban J connectivity index is 1.38. The summed E-state index contributed by atoms with van der Waals surface area (Å²) in [6.07, 6.45) is 2.88. The number of thiophene rings is 1. The van der Waals surface area contributed by atoms with Gasteiger partial charge in [0.15, 0.2) is 0 Å². The highest BCUT2D eigenvalue weighted by Crippen LogP contribution is 2.57. The van der Waals surface area contributed by atoms with E-state index in [1.807, 2.05) is 26.2 Å². The predicted octanol–water partition coefficient (Wildman–Crippen LogP) is 7.31. The lowest BCUT2D eigenvalue weighted by atomic mass is 9.86. The molecule has 2 aromatic heterocycles. The molecule has 2 heterocycles. The van der Waals surface area contributed by atoms with Crippen molar-refractivity contribution in [2.75, 3.05) is 19.0 Å². The van der Waals surface area contributed by atoms with Gasteiger partial charge in [-0.05, 0) is 96.0 Å². The lowest BCUT2D eigenvalue weighted by Gasteiger charge is -2.39. The van der Waals surface area contributed by atoms with E-state index < -0.39 is 17.6 Å². The number of carbonyl (C=O) groups excluding carboxylic acids is 1. The quantitative estimate of drug-likeness (QED) is 0.174. The van der Waals surface area contributed by atoms with Crippen LogP contribution in [0.4, 0.5) is 18.9 Å². The van der Waals surface area contributed by atoms with E-state index in [4.69, 9.17) is 4.74 Å². The van der Waals surface area contributed by atoms with Crippen molar-refractivity contribution in [1.29, 1.82) is 0 Å². The Bertz CT molecular complexity index is 1420. The highest BCUT2D eigenvalue weighted by molar-refractivity contribution is 14.1. The summed E-state index contributed by atoms with van der Waals surface area (Å²) >= 11 is 3.25. The molecule has 44 heavy (non-hydrogen) atoms. The molecule has 3 fully saturated rings. The first-order valence-electron chi connectivity index (χ1n) is 15.1. The van der Waals surface area contributed by atoms with Crippen LogP contribution in [0.15, 0.2) is 24.4 Å². The average molecular weight is 744 g/mol. The van der Waals surface area contributed by atoms with Crippen LogP contribution in [0.2, 0.25) is 0 Å². The van der Waals surface area contributed by atoms with Gasteiger partial charge in [0.05, 0.1) is 10.6 Å². The van der Waals surface area contributed by atoms with Crippen molar-refractivity contribution in [3.8, 4) is 17.7 Å². The number of rotatable bonds is 8. The van der Waals surface area contributed by atoms with E-state index in [1.54, 1.807) is 11.1 Å². The van der Waals surface area contributed by atoms with Crippen molar-refractivity contribution in [2.24, 2.45) is 11.3 Å². The van der Waals surface area contributed by atoms with Crippen molar-refractivity contribution < 1.29 is 32.6 Å².